The van der Waals surface area contributed by atoms with Crippen molar-refractivity contribution in [2.45, 2.75) is 38.8 Å². The molecule has 0 fully saturated rings. The Morgan fingerprint density at radius 1 is 1.44 bits per heavy atom. The van der Waals surface area contributed by atoms with Gasteiger partial charge in [-0.25, -0.2) is 0 Å². The number of nitrogens with one attached hydrogen (secondary N) is 1. The smallest absolute Gasteiger partial charge is 0.220 e. The Labute approximate surface area is 108 Å². The number of rotatable bonds is 6. The van der Waals surface area contributed by atoms with Crippen LogP contribution in [0, 0.1) is 0 Å². The quantitative estimate of drug-likeness (QED) is 0.813. The van der Waals surface area contributed by atoms with E-state index in [0.29, 0.717) is 12.8 Å². The molecule has 0 spiro atoms. The normalized spacial score (nSPS) is 13.8. The van der Waals surface area contributed by atoms with E-state index in [0.717, 1.165) is 11.3 Å². The van der Waals surface area contributed by atoms with Crippen molar-refractivity contribution < 1.29 is 14.6 Å². The van der Waals surface area contributed by atoms with Gasteiger partial charge in [0.05, 0.1) is 19.3 Å². The van der Waals surface area contributed by atoms with Crippen LogP contribution in [0.3, 0.4) is 0 Å². The molecule has 0 aromatic heterocycles. The molecule has 0 aliphatic heterocycles. The van der Waals surface area contributed by atoms with Crippen molar-refractivity contribution in [3.63, 3.8) is 0 Å². The number of aliphatic hydroxyl groups excluding tert-OH is 1. The summed E-state index contributed by atoms with van der Waals surface area (Å²) in [5.41, 5.74) is 1.000. The molecule has 1 aromatic carbocycles. The van der Waals surface area contributed by atoms with Gasteiger partial charge in [-0.3, -0.25) is 4.79 Å². The highest BCUT2D eigenvalue weighted by Gasteiger charge is 2.10. The zero-order valence-electron chi connectivity index (χ0n) is 11.1. The molecule has 2 N–H and O–H groups in total. The fourth-order valence-corrected chi connectivity index (χ4v) is 1.65. The molecule has 100 valence electrons. The van der Waals surface area contributed by atoms with Gasteiger partial charge in [0.1, 0.15) is 5.75 Å². The predicted molar refractivity (Wildman–Crippen MR) is 70.5 cm³/mol. The Morgan fingerprint density at radius 2 is 2.17 bits per heavy atom. The lowest BCUT2D eigenvalue weighted by atomic mass is 10.1. The van der Waals surface area contributed by atoms with Gasteiger partial charge in [0.15, 0.2) is 0 Å². The van der Waals surface area contributed by atoms with E-state index in [1.807, 2.05) is 31.2 Å². The number of aliphatic hydroxyl groups is 1. The monoisotopic (exact) mass is 251 g/mol. The van der Waals surface area contributed by atoms with Gasteiger partial charge < -0.3 is 15.2 Å². The first-order valence-corrected chi connectivity index (χ1v) is 6.14. The summed E-state index contributed by atoms with van der Waals surface area (Å²) in [6.45, 7) is 3.60. The third-order valence-corrected chi connectivity index (χ3v) is 2.76. The van der Waals surface area contributed by atoms with E-state index in [1.165, 1.54) is 0 Å². The Bertz CT molecular complexity index is 390. The SMILES string of the molecule is COc1cccc(C(C)NC(=O)CCC(C)O)c1. The summed E-state index contributed by atoms with van der Waals surface area (Å²) in [6.07, 6.45) is 0.380. The molecule has 2 unspecified atom stereocenters. The van der Waals surface area contributed by atoms with Crippen molar-refractivity contribution in [3.05, 3.63) is 29.8 Å². The number of hydrogen-bond donors (Lipinski definition) is 2. The van der Waals surface area contributed by atoms with Crippen molar-refractivity contribution in [1.29, 1.82) is 0 Å². The van der Waals surface area contributed by atoms with Crippen molar-refractivity contribution in [1.82, 2.24) is 5.32 Å². The summed E-state index contributed by atoms with van der Waals surface area (Å²) >= 11 is 0. The molecule has 18 heavy (non-hydrogen) atoms. The van der Waals surface area contributed by atoms with Gasteiger partial charge in [-0.15, -0.1) is 0 Å². The summed E-state index contributed by atoms with van der Waals surface area (Å²) in [6, 6.07) is 7.54. The Kier molecular flexibility index (Phi) is 5.65. The molecule has 0 aliphatic carbocycles. The summed E-state index contributed by atoms with van der Waals surface area (Å²) in [5.74, 6) is 0.726. The van der Waals surface area contributed by atoms with Crippen molar-refractivity contribution >= 4 is 5.91 Å². The third kappa shape index (κ3) is 4.75. The predicted octanol–water partition coefficient (Wildman–Crippen LogP) is 2.03. The van der Waals surface area contributed by atoms with Gasteiger partial charge in [0, 0.05) is 6.42 Å². The van der Waals surface area contributed by atoms with E-state index < -0.39 is 6.10 Å². The van der Waals surface area contributed by atoms with E-state index in [1.54, 1.807) is 14.0 Å². The highest BCUT2D eigenvalue weighted by molar-refractivity contribution is 5.76. The molecule has 0 radical (unpaired) electrons. The molecule has 0 saturated heterocycles. The number of carbonyl (C=O) groups excluding carboxylic acids is 1. The topological polar surface area (TPSA) is 58.6 Å². The van der Waals surface area contributed by atoms with E-state index in [2.05, 4.69) is 5.32 Å². The van der Waals surface area contributed by atoms with Gasteiger partial charge >= 0.3 is 0 Å². The molecule has 0 heterocycles. The van der Waals surface area contributed by atoms with Gasteiger partial charge in [0.2, 0.25) is 5.91 Å². The van der Waals surface area contributed by atoms with E-state index >= 15 is 0 Å². The third-order valence-electron chi connectivity index (χ3n) is 2.76. The second-order valence-electron chi connectivity index (χ2n) is 4.45. The van der Waals surface area contributed by atoms with Crippen LogP contribution >= 0.6 is 0 Å². The Morgan fingerprint density at radius 3 is 2.78 bits per heavy atom. The number of methoxy groups -OCH3 is 1. The van der Waals surface area contributed by atoms with E-state index in [-0.39, 0.29) is 11.9 Å². The number of benzene rings is 1. The van der Waals surface area contributed by atoms with Gasteiger partial charge in [-0.2, -0.15) is 0 Å². The van der Waals surface area contributed by atoms with Crippen molar-refractivity contribution in [2.75, 3.05) is 7.11 Å². The molecular formula is C14H21NO3. The van der Waals surface area contributed by atoms with E-state index in [4.69, 9.17) is 9.84 Å². The first-order chi connectivity index (χ1) is 8.52. The molecule has 0 aliphatic rings. The molecule has 1 aromatic rings. The van der Waals surface area contributed by atoms with Gasteiger partial charge in [-0.1, -0.05) is 12.1 Å². The molecule has 4 nitrogen and oxygen atoms in total. The largest absolute Gasteiger partial charge is 0.497 e. The zero-order valence-corrected chi connectivity index (χ0v) is 11.1. The highest BCUT2D eigenvalue weighted by atomic mass is 16.5. The fraction of sp³-hybridized carbons (Fsp3) is 0.500. The number of carbonyl (C=O) groups is 1. The maximum atomic E-state index is 11.6. The van der Waals surface area contributed by atoms with Crippen LogP contribution in [0.5, 0.6) is 5.75 Å². The second kappa shape index (κ2) is 7.01. The average molecular weight is 251 g/mol. The van der Waals surface area contributed by atoms with Crippen LogP contribution in [0.15, 0.2) is 24.3 Å². The number of ether oxygens (including phenoxy) is 1. The summed E-state index contributed by atoms with van der Waals surface area (Å²) < 4.78 is 5.14. The minimum atomic E-state index is -0.442. The lowest BCUT2D eigenvalue weighted by molar-refractivity contribution is -0.122. The van der Waals surface area contributed by atoms with Crippen LogP contribution in [0.1, 0.15) is 38.3 Å². The maximum Gasteiger partial charge on any atom is 0.220 e. The molecule has 0 saturated carbocycles. The van der Waals surface area contributed by atoms with Crippen LogP contribution in [0.25, 0.3) is 0 Å². The minimum absolute atomic E-state index is 0.0498. The maximum absolute atomic E-state index is 11.6. The van der Waals surface area contributed by atoms with Crippen LogP contribution in [-0.2, 0) is 4.79 Å². The molecular weight excluding hydrogens is 230 g/mol. The molecule has 4 heteroatoms. The van der Waals surface area contributed by atoms with Crippen molar-refractivity contribution in [3.8, 4) is 5.75 Å². The standard InChI is InChI=1S/C14H21NO3/c1-10(16)7-8-14(17)15-11(2)12-5-4-6-13(9-12)18-3/h4-6,9-11,16H,7-8H2,1-3H3,(H,15,17). The lowest BCUT2D eigenvalue weighted by Gasteiger charge is -2.15. The lowest BCUT2D eigenvalue weighted by Crippen LogP contribution is -2.27. The van der Waals surface area contributed by atoms with E-state index in [9.17, 15) is 4.79 Å². The molecule has 1 amide bonds. The molecule has 2 atom stereocenters. The average Bonchev–Trinajstić information content (AvgIpc) is 2.36. The van der Waals surface area contributed by atoms with Crippen LogP contribution in [0.2, 0.25) is 0 Å². The highest BCUT2D eigenvalue weighted by Crippen LogP contribution is 2.18. The molecule has 1 rings (SSSR count). The van der Waals surface area contributed by atoms with Gasteiger partial charge in [0.25, 0.3) is 0 Å². The number of amides is 1. The summed E-state index contributed by atoms with van der Waals surface area (Å²) in [4.78, 5) is 11.6. The first-order valence-electron chi connectivity index (χ1n) is 6.14. The van der Waals surface area contributed by atoms with Crippen molar-refractivity contribution in [2.24, 2.45) is 0 Å². The Hall–Kier alpha value is -1.55. The summed E-state index contributed by atoms with van der Waals surface area (Å²) in [5, 5.41) is 12.0. The fourth-order valence-electron chi connectivity index (χ4n) is 1.65. The van der Waals surface area contributed by atoms with Crippen LogP contribution in [0.4, 0.5) is 0 Å². The zero-order chi connectivity index (χ0) is 13.5. The minimum Gasteiger partial charge on any atom is -0.497 e. The van der Waals surface area contributed by atoms with Crippen LogP contribution in [-0.4, -0.2) is 24.2 Å². The summed E-state index contributed by atoms with van der Waals surface area (Å²) in [7, 11) is 1.62. The Balaban J connectivity index is 2.53. The molecule has 0 bridgehead atoms. The van der Waals surface area contributed by atoms with Crippen LogP contribution < -0.4 is 10.1 Å². The van der Waals surface area contributed by atoms with Gasteiger partial charge in [-0.05, 0) is 38.0 Å². The second-order valence-corrected chi connectivity index (χ2v) is 4.45. The number of hydrogen-bond acceptors (Lipinski definition) is 3. The first kappa shape index (κ1) is 14.5.